The van der Waals surface area contributed by atoms with Gasteiger partial charge in [0.2, 0.25) is 5.91 Å². The third-order valence-corrected chi connectivity index (χ3v) is 4.24. The van der Waals surface area contributed by atoms with E-state index in [-0.39, 0.29) is 5.91 Å². The summed E-state index contributed by atoms with van der Waals surface area (Å²) in [7, 11) is 0. The Hall–Kier alpha value is -0.910. The van der Waals surface area contributed by atoms with Gasteiger partial charge in [-0.15, -0.1) is 11.3 Å². The van der Waals surface area contributed by atoms with Gasteiger partial charge in [0.25, 0.3) is 0 Å². The molecule has 2 heterocycles. The highest BCUT2D eigenvalue weighted by atomic mass is 32.1. The summed E-state index contributed by atoms with van der Waals surface area (Å²) in [5.74, 6) is -0.0615. The first-order valence-electron chi connectivity index (χ1n) is 5.80. The van der Waals surface area contributed by atoms with Gasteiger partial charge in [-0.05, 0) is 36.8 Å². The van der Waals surface area contributed by atoms with Crippen molar-refractivity contribution >= 4 is 17.2 Å². The first kappa shape index (κ1) is 12.5. The summed E-state index contributed by atoms with van der Waals surface area (Å²) in [5.41, 5.74) is 6.56. The van der Waals surface area contributed by atoms with Gasteiger partial charge in [-0.2, -0.15) is 0 Å². The molecule has 1 amide bonds. The van der Waals surface area contributed by atoms with Crippen LogP contribution in [0.4, 0.5) is 0 Å². The van der Waals surface area contributed by atoms with Crippen LogP contribution in [0.3, 0.4) is 0 Å². The maximum Gasteiger partial charge on any atom is 0.240 e. The standard InChI is InChI=1S/C12H18N2O2S/c1-9-2-7-17-10(9)8-14-11(15)12(13)3-5-16-6-4-12/h2,7H,3-6,8,13H2,1H3,(H,14,15). The Morgan fingerprint density at radius 1 is 1.59 bits per heavy atom. The lowest BCUT2D eigenvalue weighted by Gasteiger charge is -2.31. The highest BCUT2D eigenvalue weighted by Crippen LogP contribution is 2.19. The molecule has 4 nitrogen and oxygen atoms in total. The lowest BCUT2D eigenvalue weighted by atomic mass is 9.90. The fourth-order valence-electron chi connectivity index (χ4n) is 1.88. The van der Waals surface area contributed by atoms with E-state index in [4.69, 9.17) is 10.5 Å². The number of amides is 1. The molecular formula is C12H18N2O2S. The van der Waals surface area contributed by atoms with Crippen LogP contribution in [0.2, 0.25) is 0 Å². The van der Waals surface area contributed by atoms with Crippen LogP contribution in [0.15, 0.2) is 11.4 Å². The average molecular weight is 254 g/mol. The van der Waals surface area contributed by atoms with Crippen molar-refractivity contribution in [1.29, 1.82) is 0 Å². The summed E-state index contributed by atoms with van der Waals surface area (Å²) < 4.78 is 5.23. The summed E-state index contributed by atoms with van der Waals surface area (Å²) in [4.78, 5) is 13.2. The normalized spacial score (nSPS) is 18.9. The van der Waals surface area contributed by atoms with E-state index in [1.165, 1.54) is 10.4 Å². The highest BCUT2D eigenvalue weighted by Gasteiger charge is 2.35. The molecule has 0 aliphatic carbocycles. The zero-order chi connectivity index (χ0) is 12.3. The topological polar surface area (TPSA) is 64.4 Å². The Labute approximate surface area is 105 Å². The van der Waals surface area contributed by atoms with E-state index >= 15 is 0 Å². The molecule has 0 saturated carbocycles. The van der Waals surface area contributed by atoms with E-state index in [1.54, 1.807) is 11.3 Å². The number of carbonyl (C=O) groups excluding carboxylic acids is 1. The van der Waals surface area contributed by atoms with Crippen molar-refractivity contribution in [2.45, 2.75) is 31.8 Å². The predicted molar refractivity (Wildman–Crippen MR) is 67.9 cm³/mol. The third kappa shape index (κ3) is 2.86. The fraction of sp³-hybridized carbons (Fsp3) is 0.583. The van der Waals surface area contributed by atoms with Crippen molar-refractivity contribution in [3.05, 3.63) is 21.9 Å². The molecule has 0 radical (unpaired) electrons. The minimum absolute atomic E-state index is 0.0615. The van der Waals surface area contributed by atoms with E-state index in [1.807, 2.05) is 12.3 Å². The van der Waals surface area contributed by atoms with Crippen LogP contribution < -0.4 is 11.1 Å². The second-order valence-corrected chi connectivity index (χ2v) is 5.48. The summed E-state index contributed by atoms with van der Waals surface area (Å²) >= 11 is 1.66. The van der Waals surface area contributed by atoms with Gasteiger partial charge >= 0.3 is 0 Å². The molecular weight excluding hydrogens is 236 g/mol. The molecule has 0 bridgehead atoms. The fourth-order valence-corrected chi connectivity index (χ4v) is 2.73. The Balaban J connectivity index is 1.91. The molecule has 1 aromatic rings. The Kier molecular flexibility index (Phi) is 3.81. The van der Waals surface area contributed by atoms with Crippen molar-refractivity contribution in [2.75, 3.05) is 13.2 Å². The number of aryl methyl sites for hydroxylation is 1. The Morgan fingerprint density at radius 3 is 2.88 bits per heavy atom. The van der Waals surface area contributed by atoms with Crippen molar-refractivity contribution in [2.24, 2.45) is 5.73 Å². The van der Waals surface area contributed by atoms with Crippen LogP contribution in [0.5, 0.6) is 0 Å². The zero-order valence-electron chi connectivity index (χ0n) is 9.99. The molecule has 94 valence electrons. The molecule has 5 heteroatoms. The number of thiophene rings is 1. The minimum atomic E-state index is -0.747. The van der Waals surface area contributed by atoms with Crippen LogP contribution in [-0.4, -0.2) is 24.7 Å². The number of ether oxygens (including phenoxy) is 1. The van der Waals surface area contributed by atoms with Crippen LogP contribution in [0.1, 0.15) is 23.3 Å². The first-order valence-corrected chi connectivity index (χ1v) is 6.68. The van der Waals surface area contributed by atoms with Gasteiger partial charge in [0.05, 0.1) is 12.1 Å². The van der Waals surface area contributed by atoms with E-state index < -0.39 is 5.54 Å². The van der Waals surface area contributed by atoms with Crippen molar-refractivity contribution in [3.63, 3.8) is 0 Å². The number of carbonyl (C=O) groups is 1. The van der Waals surface area contributed by atoms with Crippen molar-refractivity contribution < 1.29 is 9.53 Å². The third-order valence-electron chi connectivity index (χ3n) is 3.21. The van der Waals surface area contributed by atoms with Crippen LogP contribution in [0.25, 0.3) is 0 Å². The van der Waals surface area contributed by atoms with E-state index in [0.717, 1.165) is 0 Å². The second kappa shape index (κ2) is 5.16. The summed E-state index contributed by atoms with van der Waals surface area (Å²) in [6, 6.07) is 2.05. The van der Waals surface area contributed by atoms with Crippen molar-refractivity contribution in [1.82, 2.24) is 5.32 Å². The maximum atomic E-state index is 12.0. The maximum absolute atomic E-state index is 12.0. The molecule has 1 aromatic heterocycles. The molecule has 0 unspecified atom stereocenters. The van der Waals surface area contributed by atoms with Gasteiger partial charge in [-0.25, -0.2) is 0 Å². The van der Waals surface area contributed by atoms with Gasteiger partial charge < -0.3 is 15.8 Å². The Morgan fingerprint density at radius 2 is 2.29 bits per heavy atom. The van der Waals surface area contributed by atoms with E-state index in [9.17, 15) is 4.79 Å². The molecule has 0 atom stereocenters. The first-order chi connectivity index (χ1) is 8.12. The SMILES string of the molecule is Cc1ccsc1CNC(=O)C1(N)CCOCC1. The molecule has 17 heavy (non-hydrogen) atoms. The molecule has 0 spiro atoms. The van der Waals surface area contributed by atoms with Crippen LogP contribution in [0, 0.1) is 6.92 Å². The number of hydrogen-bond acceptors (Lipinski definition) is 4. The molecule has 3 N–H and O–H groups in total. The highest BCUT2D eigenvalue weighted by molar-refractivity contribution is 7.10. The average Bonchev–Trinajstić information content (AvgIpc) is 2.73. The summed E-state index contributed by atoms with van der Waals surface area (Å²) in [6.07, 6.45) is 1.20. The summed E-state index contributed by atoms with van der Waals surface area (Å²) in [6.45, 7) is 3.76. The van der Waals surface area contributed by atoms with Gasteiger partial charge in [-0.3, -0.25) is 4.79 Å². The number of nitrogens with two attached hydrogens (primary N) is 1. The monoisotopic (exact) mass is 254 g/mol. The van der Waals surface area contributed by atoms with Crippen LogP contribution >= 0.6 is 11.3 Å². The predicted octanol–water partition coefficient (Wildman–Crippen LogP) is 1.18. The number of nitrogens with one attached hydrogen (secondary N) is 1. The molecule has 1 saturated heterocycles. The minimum Gasteiger partial charge on any atom is -0.381 e. The van der Waals surface area contributed by atoms with E-state index in [2.05, 4.69) is 11.4 Å². The van der Waals surface area contributed by atoms with Crippen LogP contribution in [-0.2, 0) is 16.1 Å². The number of hydrogen-bond donors (Lipinski definition) is 2. The molecule has 0 aromatic carbocycles. The van der Waals surface area contributed by atoms with Gasteiger partial charge in [0.1, 0.15) is 0 Å². The largest absolute Gasteiger partial charge is 0.381 e. The van der Waals surface area contributed by atoms with Gasteiger partial charge in [-0.1, -0.05) is 0 Å². The quantitative estimate of drug-likeness (QED) is 0.851. The van der Waals surface area contributed by atoms with Gasteiger partial charge in [0, 0.05) is 18.1 Å². The molecule has 1 aliphatic rings. The second-order valence-electron chi connectivity index (χ2n) is 4.48. The van der Waals surface area contributed by atoms with Gasteiger partial charge in [0.15, 0.2) is 0 Å². The summed E-state index contributed by atoms with van der Waals surface area (Å²) in [5, 5.41) is 4.96. The van der Waals surface area contributed by atoms with Crippen molar-refractivity contribution in [3.8, 4) is 0 Å². The van der Waals surface area contributed by atoms with E-state index in [0.29, 0.717) is 32.6 Å². The lowest BCUT2D eigenvalue weighted by molar-refractivity contribution is -0.129. The molecule has 2 rings (SSSR count). The zero-order valence-corrected chi connectivity index (χ0v) is 10.8. The Bertz CT molecular complexity index is 397. The number of rotatable bonds is 3. The lowest BCUT2D eigenvalue weighted by Crippen LogP contribution is -2.56. The molecule has 1 fully saturated rings. The smallest absolute Gasteiger partial charge is 0.240 e. The molecule has 1 aliphatic heterocycles.